The van der Waals surface area contributed by atoms with Crippen LogP contribution < -0.4 is 0 Å². The molecule has 82 valence electrons. The number of alkyl halides is 3. The lowest BCUT2D eigenvalue weighted by atomic mass is 10.0. The van der Waals surface area contributed by atoms with Gasteiger partial charge in [-0.15, -0.1) is 0 Å². The second kappa shape index (κ2) is 4.84. The molecule has 4 heteroatoms. The Kier molecular flexibility index (Phi) is 3.97. The van der Waals surface area contributed by atoms with Crippen LogP contribution in [0, 0.1) is 6.92 Å². The number of hydrogen-bond donors (Lipinski definition) is 0. The molecule has 0 amide bonds. The van der Waals surface area contributed by atoms with Gasteiger partial charge >= 0.3 is 0 Å². The van der Waals surface area contributed by atoms with Crippen LogP contribution >= 0.6 is 15.9 Å². The predicted molar refractivity (Wildman–Crippen MR) is 58.9 cm³/mol. The highest BCUT2D eigenvalue weighted by Crippen LogP contribution is 2.24. The van der Waals surface area contributed by atoms with Gasteiger partial charge in [0.1, 0.15) is 0 Å². The van der Waals surface area contributed by atoms with Crippen molar-refractivity contribution in [1.82, 2.24) is 0 Å². The molecule has 0 heterocycles. The Morgan fingerprint density at radius 3 is 2.40 bits per heavy atom. The number of aryl methyl sites for hydroxylation is 1. The number of benzene rings is 1. The summed E-state index contributed by atoms with van der Waals surface area (Å²) in [5, 5.41) is 0. The van der Waals surface area contributed by atoms with E-state index in [1.165, 1.54) is 18.2 Å². The molecule has 1 rings (SSSR count). The van der Waals surface area contributed by atoms with Gasteiger partial charge in [-0.3, -0.25) is 4.79 Å². The lowest BCUT2D eigenvalue weighted by Gasteiger charge is -2.08. The van der Waals surface area contributed by atoms with Crippen LogP contribution in [0.15, 0.2) is 18.2 Å². The fourth-order valence-corrected chi connectivity index (χ4v) is 1.57. The van der Waals surface area contributed by atoms with E-state index in [0.29, 0.717) is 11.1 Å². The van der Waals surface area contributed by atoms with Crippen molar-refractivity contribution in [3.8, 4) is 0 Å². The third-order valence-electron chi connectivity index (χ3n) is 2.15. The molecule has 1 nitrogen and oxygen atoms in total. The highest BCUT2D eigenvalue weighted by atomic mass is 79.9. The summed E-state index contributed by atoms with van der Waals surface area (Å²) in [6.07, 6.45) is -2.49. The van der Waals surface area contributed by atoms with Crippen LogP contribution in [-0.2, 0) is 0 Å². The van der Waals surface area contributed by atoms with Crippen molar-refractivity contribution < 1.29 is 13.6 Å². The molecule has 0 aliphatic heterocycles. The Hall–Kier alpha value is -0.770. The minimum Gasteiger partial charge on any atom is -0.293 e. The second-order valence-corrected chi connectivity index (χ2v) is 4.73. The minimum absolute atomic E-state index is 0.0197. The average molecular weight is 277 g/mol. The molecule has 0 saturated carbocycles. The van der Waals surface area contributed by atoms with E-state index in [4.69, 9.17) is 0 Å². The van der Waals surface area contributed by atoms with Crippen molar-refractivity contribution in [2.24, 2.45) is 0 Å². The number of halogens is 3. The van der Waals surface area contributed by atoms with Crippen molar-refractivity contribution in [2.45, 2.75) is 25.1 Å². The molecule has 0 N–H and O–H groups in total. The first-order valence-electron chi connectivity index (χ1n) is 4.50. The lowest BCUT2D eigenvalue weighted by Crippen LogP contribution is -2.10. The summed E-state index contributed by atoms with van der Waals surface area (Å²) in [5.41, 5.74) is 0.888. The number of Topliss-reactive ketones (excluding diaryl/α,β-unsaturated/α-hetero) is 1. The summed E-state index contributed by atoms with van der Waals surface area (Å²) in [4.78, 5) is 11.2. The van der Waals surface area contributed by atoms with E-state index in [1.807, 2.05) is 0 Å². The van der Waals surface area contributed by atoms with Gasteiger partial charge in [-0.25, -0.2) is 8.78 Å². The van der Waals surface area contributed by atoms with Crippen LogP contribution in [0.5, 0.6) is 0 Å². The van der Waals surface area contributed by atoms with Crippen molar-refractivity contribution in [1.29, 1.82) is 0 Å². The molecule has 0 aromatic heterocycles. The Bertz CT molecular complexity index is 375. The first-order valence-corrected chi connectivity index (χ1v) is 5.42. The first-order chi connectivity index (χ1) is 6.93. The molecule has 1 aromatic rings. The van der Waals surface area contributed by atoms with Gasteiger partial charge in [0.25, 0.3) is 6.43 Å². The zero-order valence-electron chi connectivity index (χ0n) is 8.43. The molecule has 15 heavy (non-hydrogen) atoms. The van der Waals surface area contributed by atoms with Gasteiger partial charge in [0.15, 0.2) is 5.78 Å². The zero-order valence-corrected chi connectivity index (χ0v) is 10.0. The van der Waals surface area contributed by atoms with Crippen molar-refractivity contribution in [2.75, 3.05) is 0 Å². The van der Waals surface area contributed by atoms with Crippen LogP contribution in [0.4, 0.5) is 8.78 Å². The maximum Gasteiger partial charge on any atom is 0.264 e. The number of ketones is 1. The molecule has 0 saturated heterocycles. The fraction of sp³-hybridized carbons (Fsp3) is 0.364. The Morgan fingerprint density at radius 2 is 2.00 bits per heavy atom. The van der Waals surface area contributed by atoms with E-state index >= 15 is 0 Å². The van der Waals surface area contributed by atoms with Crippen LogP contribution in [-0.4, -0.2) is 10.6 Å². The maximum absolute atomic E-state index is 12.4. The van der Waals surface area contributed by atoms with E-state index < -0.39 is 6.43 Å². The SMILES string of the molecule is Cc1cc(C(=O)C(C)Br)ccc1C(F)F. The molecule has 1 atom stereocenters. The van der Waals surface area contributed by atoms with Crippen LogP contribution in [0.3, 0.4) is 0 Å². The summed E-state index contributed by atoms with van der Waals surface area (Å²) >= 11 is 3.15. The van der Waals surface area contributed by atoms with Gasteiger partial charge < -0.3 is 0 Å². The average Bonchev–Trinajstić information content (AvgIpc) is 2.15. The predicted octanol–water partition coefficient (Wildman–Crippen LogP) is 3.90. The van der Waals surface area contributed by atoms with E-state index in [0.717, 1.165) is 0 Å². The van der Waals surface area contributed by atoms with Gasteiger partial charge in [0.2, 0.25) is 0 Å². The van der Waals surface area contributed by atoms with E-state index in [-0.39, 0.29) is 16.2 Å². The molecule has 0 aliphatic carbocycles. The number of rotatable bonds is 3. The van der Waals surface area contributed by atoms with Crippen LogP contribution in [0.2, 0.25) is 0 Å². The van der Waals surface area contributed by atoms with Gasteiger partial charge in [-0.05, 0) is 25.5 Å². The van der Waals surface area contributed by atoms with E-state index in [2.05, 4.69) is 15.9 Å². The van der Waals surface area contributed by atoms with E-state index in [9.17, 15) is 13.6 Å². The summed E-state index contributed by atoms with van der Waals surface area (Å²) in [7, 11) is 0. The number of carbonyl (C=O) groups is 1. The highest BCUT2D eigenvalue weighted by molar-refractivity contribution is 9.10. The largest absolute Gasteiger partial charge is 0.293 e. The fourth-order valence-electron chi connectivity index (χ4n) is 1.30. The Balaban J connectivity index is 3.07. The van der Waals surface area contributed by atoms with Crippen molar-refractivity contribution in [3.63, 3.8) is 0 Å². The standard InChI is InChI=1S/C11H11BrF2O/c1-6-5-8(10(15)7(2)12)3-4-9(6)11(13)14/h3-5,7,11H,1-2H3. The molecular weight excluding hydrogens is 266 g/mol. The quantitative estimate of drug-likeness (QED) is 0.605. The van der Waals surface area contributed by atoms with Gasteiger partial charge in [0.05, 0.1) is 4.83 Å². The normalized spacial score (nSPS) is 12.9. The highest BCUT2D eigenvalue weighted by Gasteiger charge is 2.15. The number of hydrogen-bond acceptors (Lipinski definition) is 1. The molecule has 1 unspecified atom stereocenters. The summed E-state index contributed by atoms with van der Waals surface area (Å²) in [6, 6.07) is 4.25. The minimum atomic E-state index is -2.49. The molecule has 1 aromatic carbocycles. The smallest absolute Gasteiger partial charge is 0.264 e. The number of carbonyl (C=O) groups excluding carboxylic acids is 1. The lowest BCUT2D eigenvalue weighted by molar-refractivity contribution is 0.0995. The molecule has 0 spiro atoms. The van der Waals surface area contributed by atoms with Crippen molar-refractivity contribution >= 4 is 21.7 Å². The molecule has 0 aliphatic rings. The molecular formula is C11H11BrF2O. The van der Waals surface area contributed by atoms with Crippen LogP contribution in [0.25, 0.3) is 0 Å². The topological polar surface area (TPSA) is 17.1 Å². The summed E-state index contributed by atoms with van der Waals surface area (Å²) in [5.74, 6) is -0.0982. The Labute approximate surface area is 95.6 Å². The maximum atomic E-state index is 12.4. The summed E-state index contributed by atoms with van der Waals surface area (Å²) in [6.45, 7) is 3.29. The second-order valence-electron chi connectivity index (χ2n) is 3.35. The molecule has 0 bridgehead atoms. The monoisotopic (exact) mass is 276 g/mol. The third-order valence-corrected chi connectivity index (χ3v) is 2.57. The molecule has 0 fully saturated rings. The van der Waals surface area contributed by atoms with E-state index in [1.54, 1.807) is 13.8 Å². The summed E-state index contributed by atoms with van der Waals surface area (Å²) < 4.78 is 24.9. The molecule has 0 radical (unpaired) electrons. The third kappa shape index (κ3) is 2.84. The van der Waals surface area contributed by atoms with Gasteiger partial charge in [-0.2, -0.15) is 0 Å². The van der Waals surface area contributed by atoms with Gasteiger partial charge in [-0.1, -0.05) is 28.1 Å². The van der Waals surface area contributed by atoms with Crippen molar-refractivity contribution in [3.05, 3.63) is 34.9 Å². The Morgan fingerprint density at radius 1 is 1.40 bits per heavy atom. The zero-order chi connectivity index (χ0) is 11.6. The van der Waals surface area contributed by atoms with Crippen LogP contribution in [0.1, 0.15) is 34.8 Å². The van der Waals surface area contributed by atoms with Gasteiger partial charge in [0, 0.05) is 11.1 Å². The first kappa shape index (κ1) is 12.3.